The number of carbonyl (C=O) groups excluding carboxylic acids is 4. The van der Waals surface area contributed by atoms with Crippen molar-refractivity contribution in [3.63, 3.8) is 0 Å². The van der Waals surface area contributed by atoms with E-state index in [-0.39, 0.29) is 19.3 Å². The molecule has 0 aliphatic carbocycles. The van der Waals surface area contributed by atoms with E-state index in [1.807, 2.05) is 5.32 Å². The number of aliphatic carboxylic acids is 2. The molecule has 0 bridgehead atoms. The van der Waals surface area contributed by atoms with Crippen LogP contribution in [0.2, 0.25) is 0 Å². The van der Waals surface area contributed by atoms with Gasteiger partial charge in [0, 0.05) is 6.42 Å². The van der Waals surface area contributed by atoms with Crippen molar-refractivity contribution < 1.29 is 44.1 Å². The molecule has 0 aliphatic rings. The molecule has 4 amide bonds. The Balaban J connectivity index is 5.56. The zero-order valence-electron chi connectivity index (χ0n) is 18.3. The molecule has 0 fully saturated rings. The first-order valence-electron chi connectivity index (χ1n) is 9.86. The van der Waals surface area contributed by atoms with E-state index in [1.165, 1.54) is 18.7 Å². The fraction of sp³-hybridized carbons (Fsp3) is 0.667. The second-order valence-corrected chi connectivity index (χ2v) is 8.16. The average molecular weight is 494 g/mol. The second-order valence-electron chi connectivity index (χ2n) is 7.17. The summed E-state index contributed by atoms with van der Waals surface area (Å²) in [6.45, 7) is 1.29. The molecule has 0 aromatic rings. The van der Waals surface area contributed by atoms with Crippen molar-refractivity contribution in [2.24, 2.45) is 11.5 Å². The van der Waals surface area contributed by atoms with Gasteiger partial charge in [0.15, 0.2) is 0 Å². The maximum atomic E-state index is 12.8. The summed E-state index contributed by atoms with van der Waals surface area (Å²) >= 11 is 1.37. The molecule has 33 heavy (non-hydrogen) atoms. The Labute approximate surface area is 194 Å². The zero-order valence-corrected chi connectivity index (χ0v) is 19.1. The fourth-order valence-corrected chi connectivity index (χ4v) is 2.94. The first-order chi connectivity index (χ1) is 15.3. The molecular formula is C18H31N5O9S. The number of aliphatic hydroxyl groups excluding tert-OH is 1. The largest absolute Gasteiger partial charge is 0.481 e. The van der Waals surface area contributed by atoms with E-state index >= 15 is 0 Å². The van der Waals surface area contributed by atoms with Crippen molar-refractivity contribution in [1.82, 2.24) is 16.0 Å². The number of amides is 4. The third-order valence-corrected chi connectivity index (χ3v) is 5.02. The average Bonchev–Trinajstić information content (AvgIpc) is 2.71. The number of aliphatic hydroxyl groups is 1. The number of thioether (sulfide) groups is 1. The van der Waals surface area contributed by atoms with E-state index in [4.69, 9.17) is 21.7 Å². The summed E-state index contributed by atoms with van der Waals surface area (Å²) in [5.74, 6) is -6.13. The summed E-state index contributed by atoms with van der Waals surface area (Å²) in [4.78, 5) is 70.8. The van der Waals surface area contributed by atoms with Crippen LogP contribution in [0, 0.1) is 0 Å². The number of hydrogen-bond acceptors (Lipinski definition) is 9. The SMILES string of the molecule is CSCCC(NC(=O)C(N)C(C)O)C(=O)NC(CCC(N)=O)C(=O)NC(CC(=O)O)C(=O)O. The predicted octanol–water partition coefficient (Wildman–Crippen LogP) is -3.27. The molecule has 0 spiro atoms. The van der Waals surface area contributed by atoms with Crippen LogP contribution in [-0.4, -0.2) is 93.2 Å². The van der Waals surface area contributed by atoms with Crippen molar-refractivity contribution in [3.05, 3.63) is 0 Å². The highest BCUT2D eigenvalue weighted by molar-refractivity contribution is 7.98. The topological polar surface area (TPSA) is 251 Å². The highest BCUT2D eigenvalue weighted by Gasteiger charge is 2.31. The first kappa shape index (κ1) is 30.1. The van der Waals surface area contributed by atoms with Crippen molar-refractivity contribution in [3.8, 4) is 0 Å². The Morgan fingerprint density at radius 3 is 1.79 bits per heavy atom. The predicted molar refractivity (Wildman–Crippen MR) is 117 cm³/mol. The minimum absolute atomic E-state index is 0.131. The molecule has 0 aromatic carbocycles. The summed E-state index contributed by atoms with van der Waals surface area (Å²) in [5, 5.41) is 34.1. The lowest BCUT2D eigenvalue weighted by Gasteiger charge is -2.25. The van der Waals surface area contributed by atoms with E-state index in [1.54, 1.807) is 6.26 Å². The number of carboxylic acid groups (broad SMARTS) is 2. The van der Waals surface area contributed by atoms with Gasteiger partial charge in [-0.2, -0.15) is 11.8 Å². The van der Waals surface area contributed by atoms with Gasteiger partial charge in [0.1, 0.15) is 24.2 Å². The number of nitrogens with two attached hydrogens (primary N) is 2. The van der Waals surface area contributed by atoms with Gasteiger partial charge in [0.05, 0.1) is 12.5 Å². The summed E-state index contributed by atoms with van der Waals surface area (Å²) in [6.07, 6.45) is -0.860. The molecule has 0 saturated carbocycles. The van der Waals surface area contributed by atoms with Gasteiger partial charge in [0.25, 0.3) is 0 Å². The standard InChI is InChI=1S/C18H31N5O9S/c1-8(24)14(20)17(30)22-10(5-6-33-2)16(29)21-9(3-4-12(19)25)15(28)23-11(18(31)32)7-13(26)27/h8-11,14,24H,3-7,20H2,1-2H3,(H2,19,25)(H,21,29)(H,22,30)(H,23,28)(H,26,27)(H,31,32). The zero-order chi connectivity index (χ0) is 25.7. The summed E-state index contributed by atoms with van der Waals surface area (Å²) in [6, 6.07) is -5.69. The van der Waals surface area contributed by atoms with Crippen molar-refractivity contribution in [2.75, 3.05) is 12.0 Å². The van der Waals surface area contributed by atoms with Crippen LogP contribution in [-0.2, 0) is 28.8 Å². The molecule has 5 unspecified atom stereocenters. The third kappa shape index (κ3) is 12.1. The molecule has 0 saturated heterocycles. The number of primary amides is 1. The normalized spacial score (nSPS) is 15.3. The molecule has 15 heteroatoms. The number of hydrogen-bond donors (Lipinski definition) is 8. The smallest absolute Gasteiger partial charge is 0.326 e. The quantitative estimate of drug-likeness (QED) is 0.106. The van der Waals surface area contributed by atoms with Gasteiger partial charge in [-0.3, -0.25) is 24.0 Å². The maximum absolute atomic E-state index is 12.8. The minimum Gasteiger partial charge on any atom is -0.481 e. The molecule has 0 aromatic heterocycles. The van der Waals surface area contributed by atoms with Crippen LogP contribution in [0.4, 0.5) is 0 Å². The van der Waals surface area contributed by atoms with Gasteiger partial charge >= 0.3 is 11.9 Å². The molecule has 188 valence electrons. The Hall–Kier alpha value is -2.91. The van der Waals surface area contributed by atoms with Crippen LogP contribution in [0.5, 0.6) is 0 Å². The Morgan fingerprint density at radius 2 is 1.36 bits per heavy atom. The van der Waals surface area contributed by atoms with E-state index in [9.17, 15) is 33.9 Å². The molecule has 10 N–H and O–H groups in total. The monoisotopic (exact) mass is 493 g/mol. The van der Waals surface area contributed by atoms with Gasteiger partial charge in [-0.1, -0.05) is 0 Å². The number of carboxylic acids is 2. The Morgan fingerprint density at radius 1 is 0.879 bits per heavy atom. The molecule has 5 atom stereocenters. The van der Waals surface area contributed by atoms with Crippen LogP contribution >= 0.6 is 11.8 Å². The van der Waals surface area contributed by atoms with E-state index < -0.39 is 72.3 Å². The van der Waals surface area contributed by atoms with E-state index in [2.05, 4.69) is 10.6 Å². The molecule has 0 aliphatic heterocycles. The first-order valence-corrected chi connectivity index (χ1v) is 11.3. The third-order valence-electron chi connectivity index (χ3n) is 4.37. The highest BCUT2D eigenvalue weighted by atomic mass is 32.2. The summed E-state index contributed by atoms with van der Waals surface area (Å²) in [7, 11) is 0. The van der Waals surface area contributed by atoms with Gasteiger partial charge < -0.3 is 42.7 Å². The number of rotatable bonds is 16. The molecule has 0 heterocycles. The maximum Gasteiger partial charge on any atom is 0.326 e. The van der Waals surface area contributed by atoms with Crippen molar-refractivity contribution >= 4 is 47.3 Å². The van der Waals surface area contributed by atoms with Crippen LogP contribution in [0.3, 0.4) is 0 Å². The van der Waals surface area contributed by atoms with Crippen molar-refractivity contribution in [2.45, 2.75) is 62.9 Å². The second kappa shape index (κ2) is 15.0. The highest BCUT2D eigenvalue weighted by Crippen LogP contribution is 2.06. The van der Waals surface area contributed by atoms with Crippen molar-refractivity contribution in [1.29, 1.82) is 0 Å². The van der Waals surface area contributed by atoms with Crippen LogP contribution in [0.1, 0.15) is 32.6 Å². The number of nitrogens with one attached hydrogen (secondary N) is 3. The summed E-state index contributed by atoms with van der Waals surface area (Å²) < 4.78 is 0. The molecule has 0 rings (SSSR count). The molecule has 14 nitrogen and oxygen atoms in total. The van der Waals surface area contributed by atoms with Gasteiger partial charge in [-0.25, -0.2) is 4.79 Å². The summed E-state index contributed by atoms with van der Waals surface area (Å²) in [5.41, 5.74) is 10.7. The van der Waals surface area contributed by atoms with Crippen LogP contribution in [0.25, 0.3) is 0 Å². The number of carbonyl (C=O) groups is 6. The van der Waals surface area contributed by atoms with Crippen LogP contribution in [0.15, 0.2) is 0 Å². The molecule has 0 radical (unpaired) electrons. The minimum atomic E-state index is -1.78. The van der Waals surface area contributed by atoms with Gasteiger partial charge in [0.2, 0.25) is 23.6 Å². The van der Waals surface area contributed by atoms with Gasteiger partial charge in [-0.05, 0) is 31.8 Å². The van der Waals surface area contributed by atoms with E-state index in [0.29, 0.717) is 5.75 Å². The fourth-order valence-electron chi connectivity index (χ4n) is 2.47. The van der Waals surface area contributed by atoms with Gasteiger partial charge in [-0.15, -0.1) is 0 Å². The van der Waals surface area contributed by atoms with Crippen LogP contribution < -0.4 is 27.4 Å². The lowest BCUT2D eigenvalue weighted by Crippen LogP contribution is -2.58. The molecular weight excluding hydrogens is 462 g/mol. The lowest BCUT2D eigenvalue weighted by atomic mass is 10.1. The lowest BCUT2D eigenvalue weighted by molar-refractivity contribution is -0.147. The Bertz CT molecular complexity index is 734. The van der Waals surface area contributed by atoms with E-state index in [0.717, 1.165) is 0 Å². The Kier molecular flexibility index (Phi) is 13.7.